The molecule has 2 aliphatic rings. The molecule has 2 heterocycles. The Morgan fingerprint density at radius 1 is 1.08 bits per heavy atom. The molecule has 140 valence electrons. The summed E-state index contributed by atoms with van der Waals surface area (Å²) in [5.74, 6) is -0.434. The second-order valence-electron chi connectivity index (χ2n) is 7.45. The van der Waals surface area contributed by atoms with Gasteiger partial charge in [0.05, 0.1) is 11.4 Å². The van der Waals surface area contributed by atoms with Crippen molar-refractivity contribution in [2.45, 2.75) is 43.9 Å². The van der Waals surface area contributed by atoms with Gasteiger partial charge >= 0.3 is 6.18 Å². The number of fused-ring (bicyclic) bond motifs is 1. The van der Waals surface area contributed by atoms with Gasteiger partial charge in [0.25, 0.3) is 0 Å². The van der Waals surface area contributed by atoms with Crippen LogP contribution < -0.4 is 16.0 Å². The minimum absolute atomic E-state index is 0.135. The monoisotopic (exact) mass is 364 g/mol. The molecule has 0 amide bonds. The van der Waals surface area contributed by atoms with Crippen LogP contribution in [-0.2, 0) is 0 Å². The molecule has 0 radical (unpaired) electrons. The summed E-state index contributed by atoms with van der Waals surface area (Å²) in [7, 11) is 0. The van der Waals surface area contributed by atoms with Crippen molar-refractivity contribution >= 4 is 22.4 Å². The molecule has 1 saturated carbocycles. The van der Waals surface area contributed by atoms with Crippen LogP contribution in [0.4, 0.5) is 24.7 Å². The number of nitrogens with two attached hydrogens (primary N) is 1. The van der Waals surface area contributed by atoms with Gasteiger partial charge in [-0.3, -0.25) is 0 Å². The molecular weight excluding hydrogens is 341 g/mol. The van der Waals surface area contributed by atoms with Crippen LogP contribution in [0.25, 0.3) is 10.9 Å². The number of benzene rings is 1. The molecule has 0 atom stereocenters. The highest BCUT2D eigenvalue weighted by Crippen LogP contribution is 2.35. The Morgan fingerprint density at radius 2 is 1.81 bits per heavy atom. The summed E-state index contributed by atoms with van der Waals surface area (Å²) in [5, 5.41) is 4.49. The number of piperidine rings is 1. The molecule has 0 unspecified atom stereocenters. The minimum atomic E-state index is -4.09. The maximum Gasteiger partial charge on any atom is 0.391 e. The van der Waals surface area contributed by atoms with Gasteiger partial charge in [-0.2, -0.15) is 13.2 Å². The first-order chi connectivity index (χ1) is 12.4. The lowest BCUT2D eigenvalue weighted by atomic mass is 9.87. The van der Waals surface area contributed by atoms with E-state index < -0.39 is 12.1 Å². The number of alkyl halides is 3. The normalized spacial score (nSPS) is 24.5. The van der Waals surface area contributed by atoms with Crippen molar-refractivity contribution in [2.24, 2.45) is 11.7 Å². The van der Waals surface area contributed by atoms with Gasteiger partial charge in [-0.15, -0.1) is 0 Å². The lowest BCUT2D eigenvalue weighted by Crippen LogP contribution is -2.44. The summed E-state index contributed by atoms with van der Waals surface area (Å²) >= 11 is 0. The van der Waals surface area contributed by atoms with Crippen molar-refractivity contribution in [2.75, 3.05) is 23.3 Å². The number of hydrogen-bond donors (Lipinski definition) is 2. The molecule has 0 spiro atoms. The summed E-state index contributed by atoms with van der Waals surface area (Å²) in [6.07, 6.45) is -1.84. The van der Waals surface area contributed by atoms with Crippen LogP contribution in [0.2, 0.25) is 0 Å². The largest absolute Gasteiger partial charge is 0.391 e. The molecule has 0 bridgehead atoms. The van der Waals surface area contributed by atoms with Gasteiger partial charge in [0.15, 0.2) is 0 Å². The van der Waals surface area contributed by atoms with E-state index in [0.29, 0.717) is 25.2 Å². The van der Waals surface area contributed by atoms with E-state index in [1.807, 2.05) is 29.2 Å². The number of anilines is 2. The Hall–Kier alpha value is -2.02. The summed E-state index contributed by atoms with van der Waals surface area (Å²) in [6.45, 7) is 0.786. The number of hydrogen-bond acceptors (Lipinski definition) is 4. The van der Waals surface area contributed by atoms with E-state index in [9.17, 15) is 13.2 Å². The van der Waals surface area contributed by atoms with E-state index in [1.54, 1.807) is 0 Å². The highest BCUT2D eigenvalue weighted by molar-refractivity contribution is 5.84. The van der Waals surface area contributed by atoms with Gasteiger partial charge in [-0.1, -0.05) is 0 Å². The third kappa shape index (κ3) is 3.58. The van der Waals surface area contributed by atoms with Gasteiger partial charge in [-0.25, -0.2) is 4.98 Å². The predicted molar refractivity (Wildman–Crippen MR) is 97.4 cm³/mol. The number of nitrogens with one attached hydrogen (secondary N) is 1. The molecule has 1 aliphatic carbocycles. The first kappa shape index (κ1) is 17.4. The van der Waals surface area contributed by atoms with E-state index in [4.69, 9.17) is 5.73 Å². The molecular formula is C19H23F3N4. The van der Waals surface area contributed by atoms with Gasteiger partial charge in [0.1, 0.15) is 5.82 Å². The Labute approximate surface area is 150 Å². The maximum atomic E-state index is 12.8. The van der Waals surface area contributed by atoms with Crippen LogP contribution in [-0.4, -0.2) is 36.3 Å². The minimum Gasteiger partial charge on any atom is -0.382 e. The Kier molecular flexibility index (Phi) is 4.42. The van der Waals surface area contributed by atoms with Crippen LogP contribution in [0.3, 0.4) is 0 Å². The first-order valence-corrected chi connectivity index (χ1v) is 9.13. The fourth-order valence-electron chi connectivity index (χ4n) is 3.83. The maximum absolute atomic E-state index is 12.8. The molecule has 4 nitrogen and oxygen atoms in total. The topological polar surface area (TPSA) is 54.2 Å². The van der Waals surface area contributed by atoms with E-state index in [-0.39, 0.29) is 12.8 Å². The molecule has 1 aromatic carbocycles. The van der Waals surface area contributed by atoms with Gasteiger partial charge < -0.3 is 16.0 Å². The summed E-state index contributed by atoms with van der Waals surface area (Å²) in [4.78, 5) is 6.60. The van der Waals surface area contributed by atoms with Crippen molar-refractivity contribution in [1.29, 1.82) is 0 Å². The molecule has 4 rings (SSSR count). The SMILES string of the molecule is NC1CC(Nc2ccc3nc(N4CCC(C(F)(F)F)CC4)ccc3c2)C1. The molecule has 26 heavy (non-hydrogen) atoms. The lowest BCUT2D eigenvalue weighted by molar-refractivity contribution is -0.179. The highest BCUT2D eigenvalue weighted by Gasteiger charge is 2.41. The Bertz CT molecular complexity index is 778. The Morgan fingerprint density at radius 3 is 2.46 bits per heavy atom. The fourth-order valence-corrected chi connectivity index (χ4v) is 3.83. The summed E-state index contributed by atoms with van der Waals surface area (Å²) in [5.41, 5.74) is 7.72. The number of halogens is 3. The van der Waals surface area contributed by atoms with Crippen molar-refractivity contribution in [3.8, 4) is 0 Å². The van der Waals surface area contributed by atoms with E-state index in [1.165, 1.54) is 0 Å². The van der Waals surface area contributed by atoms with Crippen molar-refractivity contribution in [1.82, 2.24) is 4.98 Å². The molecule has 3 N–H and O–H groups in total. The average Bonchev–Trinajstić information content (AvgIpc) is 2.59. The summed E-state index contributed by atoms with van der Waals surface area (Å²) in [6, 6.07) is 10.7. The molecule has 1 aromatic heterocycles. The van der Waals surface area contributed by atoms with E-state index in [2.05, 4.69) is 16.4 Å². The average molecular weight is 364 g/mol. The quantitative estimate of drug-likeness (QED) is 0.867. The van der Waals surface area contributed by atoms with Crippen LogP contribution in [0.1, 0.15) is 25.7 Å². The van der Waals surface area contributed by atoms with Crippen LogP contribution in [0, 0.1) is 5.92 Å². The number of pyridine rings is 1. The number of nitrogens with zero attached hydrogens (tertiary/aromatic N) is 2. The molecule has 1 aliphatic heterocycles. The number of rotatable bonds is 3. The van der Waals surface area contributed by atoms with Crippen LogP contribution in [0.5, 0.6) is 0 Å². The summed E-state index contributed by atoms with van der Waals surface area (Å²) < 4.78 is 38.4. The number of aromatic nitrogens is 1. The zero-order valence-corrected chi connectivity index (χ0v) is 14.5. The predicted octanol–water partition coefficient (Wildman–Crippen LogP) is 3.92. The molecule has 7 heteroatoms. The lowest BCUT2D eigenvalue weighted by Gasteiger charge is -2.34. The van der Waals surface area contributed by atoms with E-state index >= 15 is 0 Å². The van der Waals surface area contributed by atoms with Gasteiger partial charge in [-0.05, 0) is 56.0 Å². The van der Waals surface area contributed by atoms with Crippen molar-refractivity contribution in [3.05, 3.63) is 30.3 Å². The fraction of sp³-hybridized carbons (Fsp3) is 0.526. The van der Waals surface area contributed by atoms with E-state index in [0.717, 1.165) is 35.2 Å². The molecule has 2 aromatic rings. The first-order valence-electron chi connectivity index (χ1n) is 9.13. The van der Waals surface area contributed by atoms with Gasteiger partial charge in [0, 0.05) is 36.2 Å². The molecule has 2 fully saturated rings. The Balaban J connectivity index is 1.44. The zero-order valence-electron chi connectivity index (χ0n) is 14.5. The second kappa shape index (κ2) is 6.61. The van der Waals surface area contributed by atoms with Crippen molar-refractivity contribution in [3.63, 3.8) is 0 Å². The second-order valence-corrected chi connectivity index (χ2v) is 7.45. The molecule has 1 saturated heterocycles. The van der Waals surface area contributed by atoms with Crippen molar-refractivity contribution < 1.29 is 13.2 Å². The van der Waals surface area contributed by atoms with Crippen LogP contribution >= 0.6 is 0 Å². The smallest absolute Gasteiger partial charge is 0.382 e. The standard InChI is InChI=1S/C19H23F3N4/c20-19(21,22)13-5-7-26(8-6-13)18-4-1-12-9-15(2-3-17(12)25-18)24-16-10-14(23)11-16/h1-4,9,13-14,16,24H,5-8,10-11,23H2. The van der Waals surface area contributed by atoms with Crippen LogP contribution in [0.15, 0.2) is 30.3 Å². The van der Waals surface area contributed by atoms with Gasteiger partial charge in [0.2, 0.25) is 0 Å². The zero-order chi connectivity index (χ0) is 18.3. The highest BCUT2D eigenvalue weighted by atomic mass is 19.4. The third-order valence-electron chi connectivity index (χ3n) is 5.50. The third-order valence-corrected chi connectivity index (χ3v) is 5.50.